The highest BCUT2D eigenvalue weighted by Gasteiger charge is 2.28. The average molecular weight is 329 g/mol. The zero-order chi connectivity index (χ0) is 17.1. The summed E-state index contributed by atoms with van der Waals surface area (Å²) in [5.41, 5.74) is 0.664. The Morgan fingerprint density at radius 2 is 2.29 bits per heavy atom. The second-order valence-corrected chi connectivity index (χ2v) is 6.29. The van der Waals surface area contributed by atoms with Gasteiger partial charge in [-0.25, -0.2) is 4.98 Å². The number of hydrogen-bond acceptors (Lipinski definition) is 6. The molecule has 0 unspecified atom stereocenters. The van der Waals surface area contributed by atoms with Gasteiger partial charge in [-0.05, 0) is 25.0 Å². The number of likely N-dealkylation sites (tertiary alicyclic amines) is 1. The van der Waals surface area contributed by atoms with E-state index >= 15 is 0 Å². The summed E-state index contributed by atoms with van der Waals surface area (Å²) in [5.74, 6) is 2.32. The number of hydrogen-bond donors (Lipinski definition) is 0. The molecule has 1 atom stereocenters. The summed E-state index contributed by atoms with van der Waals surface area (Å²) in [7, 11) is 3.82. The van der Waals surface area contributed by atoms with Gasteiger partial charge in [0.1, 0.15) is 5.82 Å². The van der Waals surface area contributed by atoms with Gasteiger partial charge in [0.05, 0.1) is 0 Å². The van der Waals surface area contributed by atoms with Crippen molar-refractivity contribution >= 4 is 11.7 Å². The van der Waals surface area contributed by atoms with Crippen LogP contribution in [-0.2, 0) is 6.42 Å². The third-order valence-electron chi connectivity index (χ3n) is 4.31. The van der Waals surface area contributed by atoms with Crippen molar-refractivity contribution in [2.24, 2.45) is 0 Å². The lowest BCUT2D eigenvalue weighted by atomic mass is 9.97. The van der Waals surface area contributed by atoms with E-state index in [0.29, 0.717) is 23.8 Å². The highest BCUT2D eigenvalue weighted by molar-refractivity contribution is 5.95. The summed E-state index contributed by atoms with van der Waals surface area (Å²) >= 11 is 0. The van der Waals surface area contributed by atoms with E-state index in [1.807, 2.05) is 36.9 Å². The molecule has 1 saturated heterocycles. The van der Waals surface area contributed by atoms with Crippen LogP contribution in [0.5, 0.6) is 0 Å². The summed E-state index contributed by atoms with van der Waals surface area (Å²) in [6.07, 6.45) is 4.33. The first-order valence-electron chi connectivity index (χ1n) is 8.33. The molecular weight excluding hydrogens is 306 g/mol. The molecular formula is C17H23N5O2. The summed E-state index contributed by atoms with van der Waals surface area (Å²) in [4.78, 5) is 25.3. The fourth-order valence-corrected chi connectivity index (χ4v) is 2.93. The Morgan fingerprint density at radius 1 is 1.46 bits per heavy atom. The minimum Gasteiger partial charge on any atom is -0.363 e. The second-order valence-electron chi connectivity index (χ2n) is 6.29. The number of rotatable bonds is 4. The number of pyridine rings is 1. The molecule has 24 heavy (non-hydrogen) atoms. The van der Waals surface area contributed by atoms with Crippen LogP contribution in [0.25, 0.3) is 0 Å². The van der Waals surface area contributed by atoms with Crippen LogP contribution < -0.4 is 4.90 Å². The Balaban J connectivity index is 1.74. The third-order valence-corrected chi connectivity index (χ3v) is 4.31. The normalized spacial score (nSPS) is 17.8. The van der Waals surface area contributed by atoms with Crippen molar-refractivity contribution in [1.29, 1.82) is 0 Å². The number of carbonyl (C=O) groups is 1. The van der Waals surface area contributed by atoms with Crippen molar-refractivity contribution in [2.75, 3.05) is 32.1 Å². The fourth-order valence-electron chi connectivity index (χ4n) is 2.93. The van der Waals surface area contributed by atoms with E-state index in [4.69, 9.17) is 4.52 Å². The van der Waals surface area contributed by atoms with Crippen molar-refractivity contribution in [2.45, 2.75) is 32.1 Å². The van der Waals surface area contributed by atoms with Crippen LogP contribution >= 0.6 is 0 Å². The third kappa shape index (κ3) is 3.39. The second kappa shape index (κ2) is 6.98. The predicted octanol–water partition coefficient (Wildman–Crippen LogP) is 2.11. The number of piperidine rings is 1. The molecule has 7 heteroatoms. The van der Waals surface area contributed by atoms with Crippen molar-refractivity contribution in [3.05, 3.63) is 35.6 Å². The van der Waals surface area contributed by atoms with Crippen molar-refractivity contribution in [3.8, 4) is 0 Å². The van der Waals surface area contributed by atoms with Gasteiger partial charge in [-0.1, -0.05) is 12.1 Å². The molecule has 0 aliphatic carbocycles. The van der Waals surface area contributed by atoms with Crippen LogP contribution in [0.15, 0.2) is 22.9 Å². The van der Waals surface area contributed by atoms with Gasteiger partial charge in [-0.3, -0.25) is 4.79 Å². The number of carbonyl (C=O) groups excluding carboxylic acids is 1. The van der Waals surface area contributed by atoms with Crippen LogP contribution in [0.4, 0.5) is 5.82 Å². The Bertz CT molecular complexity index is 713. The van der Waals surface area contributed by atoms with Gasteiger partial charge in [0.2, 0.25) is 5.89 Å². The Labute approximate surface area is 141 Å². The summed E-state index contributed by atoms with van der Waals surface area (Å²) < 4.78 is 5.21. The molecule has 2 aromatic heterocycles. The highest BCUT2D eigenvalue weighted by atomic mass is 16.5. The smallest absolute Gasteiger partial charge is 0.254 e. The van der Waals surface area contributed by atoms with Crippen molar-refractivity contribution < 1.29 is 9.32 Å². The number of nitrogens with zero attached hydrogens (tertiary/aromatic N) is 5. The first-order chi connectivity index (χ1) is 11.6. The summed E-state index contributed by atoms with van der Waals surface area (Å²) in [6.45, 7) is 3.37. The minimum absolute atomic E-state index is 0.0319. The average Bonchev–Trinajstić information content (AvgIpc) is 3.10. The molecule has 7 nitrogen and oxygen atoms in total. The quantitative estimate of drug-likeness (QED) is 0.855. The lowest BCUT2D eigenvalue weighted by Gasteiger charge is -2.31. The monoisotopic (exact) mass is 329 g/mol. The van der Waals surface area contributed by atoms with Gasteiger partial charge >= 0.3 is 0 Å². The maximum Gasteiger partial charge on any atom is 0.254 e. The first kappa shape index (κ1) is 16.4. The number of aryl methyl sites for hydroxylation is 1. The van der Waals surface area contributed by atoms with Gasteiger partial charge in [0.15, 0.2) is 5.82 Å². The van der Waals surface area contributed by atoms with Gasteiger partial charge in [0.25, 0.3) is 5.91 Å². The lowest BCUT2D eigenvalue weighted by Crippen LogP contribution is -2.39. The molecule has 0 bridgehead atoms. The Hall–Kier alpha value is -2.44. The Morgan fingerprint density at radius 3 is 3.00 bits per heavy atom. The topological polar surface area (TPSA) is 75.4 Å². The van der Waals surface area contributed by atoms with Gasteiger partial charge in [-0.2, -0.15) is 4.98 Å². The first-order valence-corrected chi connectivity index (χ1v) is 8.33. The number of anilines is 1. The van der Waals surface area contributed by atoms with E-state index < -0.39 is 0 Å². The molecule has 3 rings (SSSR count). The van der Waals surface area contributed by atoms with E-state index in [2.05, 4.69) is 15.1 Å². The van der Waals surface area contributed by atoms with Crippen LogP contribution in [0.3, 0.4) is 0 Å². The number of aromatic nitrogens is 3. The van der Waals surface area contributed by atoms with Crippen LogP contribution in [-0.4, -0.2) is 53.1 Å². The van der Waals surface area contributed by atoms with Gasteiger partial charge < -0.3 is 14.3 Å². The number of amides is 1. The molecule has 0 saturated carbocycles. The SMILES string of the molecule is CCc1nc([C@@H]2CCCN(C(=O)c3ccnc(N(C)C)c3)C2)no1. The molecule has 0 spiro atoms. The highest BCUT2D eigenvalue weighted by Crippen LogP contribution is 2.26. The maximum absolute atomic E-state index is 12.8. The molecule has 3 heterocycles. The predicted molar refractivity (Wildman–Crippen MR) is 90.1 cm³/mol. The summed E-state index contributed by atoms with van der Waals surface area (Å²) in [5, 5.41) is 4.07. The van der Waals surface area contributed by atoms with E-state index in [1.165, 1.54) is 0 Å². The molecule has 0 radical (unpaired) electrons. The van der Waals surface area contributed by atoms with Crippen molar-refractivity contribution in [3.63, 3.8) is 0 Å². The van der Waals surface area contributed by atoms with Crippen molar-refractivity contribution in [1.82, 2.24) is 20.0 Å². The lowest BCUT2D eigenvalue weighted by molar-refractivity contribution is 0.0703. The Kier molecular flexibility index (Phi) is 4.78. The van der Waals surface area contributed by atoms with E-state index in [0.717, 1.165) is 31.6 Å². The molecule has 1 fully saturated rings. The van der Waals surface area contributed by atoms with Gasteiger partial charge in [-0.15, -0.1) is 0 Å². The van der Waals surface area contributed by atoms with E-state index in [-0.39, 0.29) is 11.8 Å². The molecule has 1 aliphatic heterocycles. The van der Waals surface area contributed by atoms with Crippen LogP contribution in [0, 0.1) is 0 Å². The standard InChI is InChI=1S/C17H23N5O2/c1-4-15-19-16(20-24-15)13-6-5-9-22(11-13)17(23)12-7-8-18-14(10-12)21(2)3/h7-8,10,13H,4-6,9,11H2,1-3H3/t13-/m1/s1. The summed E-state index contributed by atoms with van der Waals surface area (Å²) in [6, 6.07) is 3.60. The molecule has 0 aromatic carbocycles. The van der Waals surface area contributed by atoms with E-state index in [9.17, 15) is 4.79 Å². The van der Waals surface area contributed by atoms with Crippen LogP contribution in [0.1, 0.15) is 47.8 Å². The molecule has 1 amide bonds. The van der Waals surface area contributed by atoms with Crippen LogP contribution in [0.2, 0.25) is 0 Å². The molecule has 128 valence electrons. The van der Waals surface area contributed by atoms with Gasteiger partial charge in [0, 0.05) is 51.3 Å². The molecule has 1 aliphatic rings. The molecule has 0 N–H and O–H groups in total. The molecule has 2 aromatic rings. The zero-order valence-electron chi connectivity index (χ0n) is 14.4. The maximum atomic E-state index is 12.8. The fraction of sp³-hybridized carbons (Fsp3) is 0.529. The minimum atomic E-state index is 0.0319. The zero-order valence-corrected chi connectivity index (χ0v) is 14.4. The largest absolute Gasteiger partial charge is 0.363 e. The van der Waals surface area contributed by atoms with E-state index in [1.54, 1.807) is 12.3 Å².